The predicted molar refractivity (Wildman–Crippen MR) is 101 cm³/mol. The molecule has 0 aliphatic heterocycles. The SMILES string of the molecule is Cc1ccccc1C(=O)Nc1cccc(NC(C2CCCC2)C(F)(F)F)c1. The topological polar surface area (TPSA) is 41.1 Å². The minimum absolute atomic E-state index is 0.284. The molecule has 0 saturated heterocycles. The Morgan fingerprint density at radius 2 is 1.70 bits per heavy atom. The number of halogens is 3. The van der Waals surface area contributed by atoms with Gasteiger partial charge in [0.2, 0.25) is 0 Å². The van der Waals surface area contributed by atoms with Gasteiger partial charge in [-0.3, -0.25) is 4.79 Å². The van der Waals surface area contributed by atoms with Crippen LogP contribution in [0.2, 0.25) is 0 Å². The van der Waals surface area contributed by atoms with Crippen molar-refractivity contribution in [2.75, 3.05) is 10.6 Å². The van der Waals surface area contributed by atoms with Gasteiger partial charge in [0.05, 0.1) is 0 Å². The van der Waals surface area contributed by atoms with E-state index >= 15 is 0 Å². The molecule has 3 rings (SSSR count). The van der Waals surface area contributed by atoms with Crippen LogP contribution in [-0.2, 0) is 0 Å². The Balaban J connectivity index is 1.74. The molecule has 1 amide bonds. The molecule has 3 nitrogen and oxygen atoms in total. The standard InChI is InChI=1S/C21H23F3N2O/c1-14-7-2-5-12-18(14)20(27)26-17-11-6-10-16(13-17)25-19(21(22,23)24)15-8-3-4-9-15/h2,5-7,10-13,15,19,25H,3-4,8-9H2,1H3,(H,26,27). The van der Waals surface area contributed by atoms with Crippen LogP contribution in [0.4, 0.5) is 24.5 Å². The van der Waals surface area contributed by atoms with Gasteiger partial charge in [-0.2, -0.15) is 13.2 Å². The van der Waals surface area contributed by atoms with Gasteiger partial charge in [0.15, 0.2) is 0 Å². The molecule has 0 heterocycles. The first-order chi connectivity index (χ1) is 12.8. The summed E-state index contributed by atoms with van der Waals surface area (Å²) in [7, 11) is 0. The Labute approximate surface area is 157 Å². The lowest BCUT2D eigenvalue weighted by atomic mass is 9.97. The van der Waals surface area contributed by atoms with Crippen molar-refractivity contribution in [3.05, 3.63) is 59.7 Å². The second kappa shape index (κ2) is 8.03. The summed E-state index contributed by atoms with van der Waals surface area (Å²) in [5.74, 6) is -0.691. The molecule has 144 valence electrons. The number of hydrogen-bond acceptors (Lipinski definition) is 2. The van der Waals surface area contributed by atoms with Gasteiger partial charge in [-0.25, -0.2) is 0 Å². The van der Waals surface area contributed by atoms with Crippen molar-refractivity contribution in [1.82, 2.24) is 0 Å². The minimum atomic E-state index is -4.31. The first kappa shape index (κ1) is 19.3. The van der Waals surface area contributed by atoms with Gasteiger partial charge >= 0.3 is 6.18 Å². The van der Waals surface area contributed by atoms with E-state index in [4.69, 9.17) is 0 Å². The normalized spacial score (nSPS) is 16.1. The lowest BCUT2D eigenvalue weighted by Crippen LogP contribution is -2.41. The van der Waals surface area contributed by atoms with Gasteiger partial charge in [-0.1, -0.05) is 37.1 Å². The minimum Gasteiger partial charge on any atom is -0.374 e. The fraction of sp³-hybridized carbons (Fsp3) is 0.381. The molecule has 2 aromatic rings. The molecule has 1 aliphatic rings. The molecule has 1 unspecified atom stereocenters. The summed E-state index contributed by atoms with van der Waals surface area (Å²) in [6.45, 7) is 1.84. The van der Waals surface area contributed by atoms with Gasteiger partial charge in [0.1, 0.15) is 6.04 Å². The van der Waals surface area contributed by atoms with Crippen molar-refractivity contribution in [2.24, 2.45) is 5.92 Å². The average Bonchev–Trinajstić information content (AvgIpc) is 3.13. The number of carbonyl (C=O) groups excluding carboxylic acids is 1. The first-order valence-electron chi connectivity index (χ1n) is 9.15. The maximum atomic E-state index is 13.5. The summed E-state index contributed by atoms with van der Waals surface area (Å²) in [6.07, 6.45) is -1.46. The number of alkyl halides is 3. The van der Waals surface area contributed by atoms with E-state index in [9.17, 15) is 18.0 Å². The lowest BCUT2D eigenvalue weighted by Gasteiger charge is -2.28. The molecule has 0 aromatic heterocycles. The number of hydrogen-bond donors (Lipinski definition) is 2. The van der Waals surface area contributed by atoms with Gasteiger partial charge < -0.3 is 10.6 Å². The van der Waals surface area contributed by atoms with Crippen LogP contribution in [0.25, 0.3) is 0 Å². The van der Waals surface area contributed by atoms with Crippen molar-refractivity contribution in [3.63, 3.8) is 0 Å². The van der Waals surface area contributed by atoms with E-state index in [-0.39, 0.29) is 5.91 Å². The fourth-order valence-corrected chi connectivity index (χ4v) is 3.65. The number of carbonyl (C=O) groups is 1. The summed E-state index contributed by atoms with van der Waals surface area (Å²) >= 11 is 0. The van der Waals surface area contributed by atoms with E-state index in [2.05, 4.69) is 10.6 Å². The molecule has 27 heavy (non-hydrogen) atoms. The Kier molecular flexibility index (Phi) is 5.73. The van der Waals surface area contributed by atoms with Crippen molar-refractivity contribution in [2.45, 2.75) is 44.8 Å². The molecule has 1 fully saturated rings. The molecule has 1 aliphatic carbocycles. The highest BCUT2D eigenvalue weighted by atomic mass is 19.4. The van der Waals surface area contributed by atoms with Crippen LogP contribution in [0.1, 0.15) is 41.6 Å². The largest absolute Gasteiger partial charge is 0.408 e. The van der Waals surface area contributed by atoms with Crippen LogP contribution in [0, 0.1) is 12.8 Å². The monoisotopic (exact) mass is 376 g/mol. The van der Waals surface area contributed by atoms with Crippen LogP contribution < -0.4 is 10.6 Å². The van der Waals surface area contributed by atoms with Gasteiger partial charge in [-0.05, 0) is 55.5 Å². The van der Waals surface area contributed by atoms with E-state index in [1.54, 1.807) is 36.4 Å². The van der Waals surface area contributed by atoms with Crippen LogP contribution in [0.5, 0.6) is 0 Å². The lowest BCUT2D eigenvalue weighted by molar-refractivity contribution is -0.152. The van der Waals surface area contributed by atoms with E-state index in [0.29, 0.717) is 29.8 Å². The fourth-order valence-electron chi connectivity index (χ4n) is 3.65. The molecule has 1 atom stereocenters. The molecule has 2 aromatic carbocycles. The van der Waals surface area contributed by atoms with E-state index < -0.39 is 18.1 Å². The maximum absolute atomic E-state index is 13.5. The second-order valence-corrected chi connectivity index (χ2v) is 7.06. The molecule has 6 heteroatoms. The van der Waals surface area contributed by atoms with Crippen LogP contribution in [-0.4, -0.2) is 18.1 Å². The average molecular weight is 376 g/mol. The van der Waals surface area contributed by atoms with Crippen molar-refractivity contribution < 1.29 is 18.0 Å². The Hall–Kier alpha value is -2.50. The van der Waals surface area contributed by atoms with Crippen molar-refractivity contribution >= 4 is 17.3 Å². The number of benzene rings is 2. The number of nitrogens with one attached hydrogen (secondary N) is 2. The molecule has 0 spiro atoms. The highest BCUT2D eigenvalue weighted by Gasteiger charge is 2.45. The summed E-state index contributed by atoms with van der Waals surface area (Å²) in [5, 5.41) is 5.41. The Morgan fingerprint density at radius 1 is 1.04 bits per heavy atom. The predicted octanol–water partition coefficient (Wildman–Crippen LogP) is 5.78. The second-order valence-electron chi connectivity index (χ2n) is 7.06. The molecular formula is C21H23F3N2O. The zero-order chi connectivity index (χ0) is 19.4. The van der Waals surface area contributed by atoms with Gasteiger partial charge in [0, 0.05) is 16.9 Å². The summed E-state index contributed by atoms with van der Waals surface area (Å²) in [6, 6.07) is 12.0. The van der Waals surface area contributed by atoms with Gasteiger partial charge in [0.25, 0.3) is 5.91 Å². The molecule has 0 bridgehead atoms. The number of amides is 1. The molecular weight excluding hydrogens is 353 g/mol. The zero-order valence-electron chi connectivity index (χ0n) is 15.1. The highest BCUT2D eigenvalue weighted by Crippen LogP contribution is 2.37. The van der Waals surface area contributed by atoms with Crippen molar-refractivity contribution in [1.29, 1.82) is 0 Å². The third-order valence-corrected chi connectivity index (χ3v) is 5.06. The number of anilines is 2. The highest BCUT2D eigenvalue weighted by molar-refractivity contribution is 6.05. The summed E-state index contributed by atoms with van der Waals surface area (Å²) < 4.78 is 40.5. The summed E-state index contributed by atoms with van der Waals surface area (Å²) in [5.41, 5.74) is 2.19. The van der Waals surface area contributed by atoms with Gasteiger partial charge in [-0.15, -0.1) is 0 Å². The summed E-state index contributed by atoms with van der Waals surface area (Å²) in [4.78, 5) is 12.4. The smallest absolute Gasteiger partial charge is 0.374 e. The molecule has 2 N–H and O–H groups in total. The Bertz CT molecular complexity index is 798. The third-order valence-electron chi connectivity index (χ3n) is 5.06. The van der Waals surface area contributed by atoms with Crippen LogP contribution in [0.3, 0.4) is 0 Å². The quantitative estimate of drug-likeness (QED) is 0.694. The zero-order valence-corrected chi connectivity index (χ0v) is 15.1. The van der Waals surface area contributed by atoms with E-state index in [1.807, 2.05) is 19.1 Å². The van der Waals surface area contributed by atoms with Crippen LogP contribution >= 0.6 is 0 Å². The van der Waals surface area contributed by atoms with Crippen molar-refractivity contribution in [3.8, 4) is 0 Å². The van der Waals surface area contributed by atoms with E-state index in [0.717, 1.165) is 18.4 Å². The van der Waals surface area contributed by atoms with Crippen LogP contribution in [0.15, 0.2) is 48.5 Å². The van der Waals surface area contributed by atoms with E-state index in [1.165, 1.54) is 0 Å². The maximum Gasteiger partial charge on any atom is 0.408 e. The first-order valence-corrected chi connectivity index (χ1v) is 9.15. The Morgan fingerprint density at radius 3 is 2.37 bits per heavy atom. The third kappa shape index (κ3) is 4.81. The molecule has 1 saturated carbocycles. The number of rotatable bonds is 5. The number of aryl methyl sites for hydroxylation is 1. The molecule has 0 radical (unpaired) electrons.